The fourth-order valence-corrected chi connectivity index (χ4v) is 2.06. The first-order valence-corrected chi connectivity index (χ1v) is 7.12. The maximum atomic E-state index is 11.1. The molecule has 0 aliphatic carbocycles. The fourth-order valence-electron chi connectivity index (χ4n) is 1.51. The molecule has 0 aliphatic heterocycles. The normalized spacial score (nSPS) is 13.4. The van der Waals surface area contributed by atoms with Gasteiger partial charge in [0, 0.05) is 11.7 Å². The molecule has 0 saturated heterocycles. The zero-order valence-corrected chi connectivity index (χ0v) is 10.6. The minimum Gasteiger partial charge on any atom is -0.310 e. The van der Waals surface area contributed by atoms with Crippen LogP contribution in [0.3, 0.4) is 0 Å². The van der Waals surface area contributed by atoms with E-state index in [1.807, 2.05) is 32.0 Å². The van der Waals surface area contributed by atoms with Crippen molar-refractivity contribution in [3.05, 3.63) is 29.8 Å². The van der Waals surface area contributed by atoms with Gasteiger partial charge in [0.05, 0.1) is 6.26 Å². The van der Waals surface area contributed by atoms with Gasteiger partial charge in [-0.1, -0.05) is 19.1 Å². The molecule has 0 fully saturated rings. The zero-order chi connectivity index (χ0) is 12.2. The molecule has 0 aliphatic rings. The number of hydrogen-bond acceptors (Lipinski definition) is 3. The highest BCUT2D eigenvalue weighted by atomic mass is 32.2. The van der Waals surface area contributed by atoms with Crippen molar-refractivity contribution in [2.75, 3.05) is 17.5 Å². The molecule has 1 aromatic rings. The lowest BCUT2D eigenvalue weighted by Crippen LogP contribution is -2.18. The summed E-state index contributed by atoms with van der Waals surface area (Å²) in [6.07, 6.45) is 1.15. The van der Waals surface area contributed by atoms with Crippen molar-refractivity contribution in [1.29, 1.82) is 0 Å². The van der Waals surface area contributed by atoms with E-state index in [2.05, 4.69) is 10.0 Å². The topological polar surface area (TPSA) is 58.2 Å². The van der Waals surface area contributed by atoms with Crippen molar-refractivity contribution in [2.24, 2.45) is 0 Å². The van der Waals surface area contributed by atoms with Gasteiger partial charge in [-0.15, -0.1) is 0 Å². The average Bonchev–Trinajstić information content (AvgIpc) is 2.16. The first-order valence-electron chi connectivity index (χ1n) is 5.23. The molecule has 4 nitrogen and oxygen atoms in total. The van der Waals surface area contributed by atoms with Gasteiger partial charge in [0.2, 0.25) is 10.0 Å². The minimum atomic E-state index is -3.20. The lowest BCUT2D eigenvalue weighted by atomic mass is 10.1. The fraction of sp³-hybridized carbons (Fsp3) is 0.455. The van der Waals surface area contributed by atoms with Crippen molar-refractivity contribution in [1.82, 2.24) is 5.32 Å². The monoisotopic (exact) mass is 242 g/mol. The Bertz CT molecular complexity index is 443. The second-order valence-electron chi connectivity index (χ2n) is 3.78. The molecule has 1 atom stereocenters. The van der Waals surface area contributed by atoms with Crippen molar-refractivity contribution in [3.63, 3.8) is 0 Å². The second kappa shape index (κ2) is 5.32. The van der Waals surface area contributed by atoms with Gasteiger partial charge in [-0.05, 0) is 31.2 Å². The van der Waals surface area contributed by atoms with E-state index in [-0.39, 0.29) is 6.04 Å². The third kappa shape index (κ3) is 4.20. The largest absolute Gasteiger partial charge is 0.310 e. The smallest absolute Gasteiger partial charge is 0.229 e. The van der Waals surface area contributed by atoms with Crippen LogP contribution in [0.1, 0.15) is 25.5 Å². The van der Waals surface area contributed by atoms with Gasteiger partial charge in [0.1, 0.15) is 0 Å². The molecule has 0 bridgehead atoms. The predicted octanol–water partition coefficient (Wildman–Crippen LogP) is 1.73. The number of hydrogen-bond donors (Lipinski definition) is 2. The lowest BCUT2D eigenvalue weighted by Gasteiger charge is -2.14. The number of rotatable bonds is 5. The highest BCUT2D eigenvalue weighted by Gasteiger charge is 2.06. The van der Waals surface area contributed by atoms with Crippen molar-refractivity contribution in [3.8, 4) is 0 Å². The Morgan fingerprint density at radius 2 is 2.06 bits per heavy atom. The van der Waals surface area contributed by atoms with Crippen LogP contribution in [0.4, 0.5) is 5.69 Å². The van der Waals surface area contributed by atoms with Crippen LogP contribution >= 0.6 is 0 Å². The number of anilines is 1. The van der Waals surface area contributed by atoms with Gasteiger partial charge in [0.25, 0.3) is 0 Å². The summed E-state index contributed by atoms with van der Waals surface area (Å²) in [5, 5.41) is 3.27. The predicted molar refractivity (Wildman–Crippen MR) is 67.0 cm³/mol. The molecule has 0 spiro atoms. The maximum absolute atomic E-state index is 11.1. The Labute approximate surface area is 97.1 Å². The van der Waals surface area contributed by atoms with Crippen LogP contribution in [-0.4, -0.2) is 21.2 Å². The molecule has 1 rings (SSSR count). The van der Waals surface area contributed by atoms with Crippen LogP contribution < -0.4 is 10.0 Å². The van der Waals surface area contributed by atoms with E-state index < -0.39 is 10.0 Å². The molecule has 0 radical (unpaired) electrons. The van der Waals surface area contributed by atoms with Crippen molar-refractivity contribution in [2.45, 2.75) is 19.9 Å². The Morgan fingerprint density at radius 3 is 2.62 bits per heavy atom. The van der Waals surface area contributed by atoms with Gasteiger partial charge < -0.3 is 5.32 Å². The summed E-state index contributed by atoms with van der Waals surface area (Å²) in [6, 6.07) is 7.61. The Morgan fingerprint density at radius 1 is 1.38 bits per heavy atom. The number of benzene rings is 1. The molecule has 0 heterocycles. The van der Waals surface area contributed by atoms with Crippen molar-refractivity contribution >= 4 is 15.7 Å². The quantitative estimate of drug-likeness (QED) is 0.826. The van der Waals surface area contributed by atoms with Crippen LogP contribution in [0.5, 0.6) is 0 Å². The molecular weight excluding hydrogens is 224 g/mol. The first-order chi connectivity index (χ1) is 7.42. The highest BCUT2D eigenvalue weighted by Crippen LogP contribution is 2.17. The number of sulfonamides is 1. The van der Waals surface area contributed by atoms with Gasteiger partial charge in [-0.2, -0.15) is 0 Å². The molecule has 1 aromatic carbocycles. The maximum Gasteiger partial charge on any atom is 0.229 e. The molecule has 0 aromatic heterocycles. The third-order valence-electron chi connectivity index (χ3n) is 2.20. The summed E-state index contributed by atoms with van der Waals surface area (Å²) in [7, 11) is -3.20. The van der Waals surface area contributed by atoms with Crippen LogP contribution in [0.2, 0.25) is 0 Å². The third-order valence-corrected chi connectivity index (χ3v) is 2.81. The van der Waals surface area contributed by atoms with E-state index in [0.29, 0.717) is 5.69 Å². The van der Waals surface area contributed by atoms with Crippen LogP contribution in [-0.2, 0) is 10.0 Å². The first kappa shape index (κ1) is 13.0. The van der Waals surface area contributed by atoms with Crippen LogP contribution in [0, 0.1) is 0 Å². The van der Waals surface area contributed by atoms with Crippen LogP contribution in [0.15, 0.2) is 24.3 Å². The lowest BCUT2D eigenvalue weighted by molar-refractivity contribution is 0.598. The minimum absolute atomic E-state index is 0.214. The summed E-state index contributed by atoms with van der Waals surface area (Å²) in [5.41, 5.74) is 1.67. The molecule has 2 N–H and O–H groups in total. The van der Waals surface area contributed by atoms with Gasteiger partial charge >= 0.3 is 0 Å². The molecule has 0 saturated carbocycles. The zero-order valence-electron chi connectivity index (χ0n) is 9.82. The van der Waals surface area contributed by atoms with E-state index in [1.54, 1.807) is 6.07 Å². The summed E-state index contributed by atoms with van der Waals surface area (Å²) >= 11 is 0. The molecule has 16 heavy (non-hydrogen) atoms. The van der Waals surface area contributed by atoms with Gasteiger partial charge in [-0.3, -0.25) is 4.72 Å². The van der Waals surface area contributed by atoms with Crippen molar-refractivity contribution < 1.29 is 8.42 Å². The molecular formula is C11H18N2O2S. The van der Waals surface area contributed by atoms with E-state index >= 15 is 0 Å². The van der Waals surface area contributed by atoms with E-state index in [4.69, 9.17) is 0 Å². The molecule has 0 amide bonds. The molecule has 90 valence electrons. The van der Waals surface area contributed by atoms with Crippen LogP contribution in [0.25, 0.3) is 0 Å². The van der Waals surface area contributed by atoms with E-state index in [9.17, 15) is 8.42 Å². The Balaban J connectivity index is 2.86. The highest BCUT2D eigenvalue weighted by molar-refractivity contribution is 7.92. The van der Waals surface area contributed by atoms with Gasteiger partial charge in [-0.25, -0.2) is 8.42 Å². The summed E-state index contributed by atoms with van der Waals surface area (Å²) in [6.45, 7) is 4.96. The Kier molecular flexibility index (Phi) is 4.32. The summed E-state index contributed by atoms with van der Waals surface area (Å²) < 4.78 is 24.6. The number of nitrogens with one attached hydrogen (secondary N) is 2. The standard InChI is InChI=1S/C11H18N2O2S/c1-4-12-9(2)10-6-5-7-11(8-10)13-16(3,14)15/h5-9,12-13H,4H2,1-3H3. The summed E-state index contributed by atoms with van der Waals surface area (Å²) in [5.74, 6) is 0. The summed E-state index contributed by atoms with van der Waals surface area (Å²) in [4.78, 5) is 0. The van der Waals surface area contributed by atoms with E-state index in [0.717, 1.165) is 18.4 Å². The second-order valence-corrected chi connectivity index (χ2v) is 5.53. The average molecular weight is 242 g/mol. The molecule has 5 heteroatoms. The van der Waals surface area contributed by atoms with Gasteiger partial charge in [0.15, 0.2) is 0 Å². The van der Waals surface area contributed by atoms with E-state index in [1.165, 1.54) is 0 Å². The SMILES string of the molecule is CCNC(C)c1cccc(NS(C)(=O)=O)c1. The Hall–Kier alpha value is -1.07. The molecule has 1 unspecified atom stereocenters.